The van der Waals surface area contributed by atoms with Gasteiger partial charge in [0.25, 0.3) is 0 Å². The van der Waals surface area contributed by atoms with Crippen LogP contribution in [0.1, 0.15) is 23.0 Å². The van der Waals surface area contributed by atoms with Gasteiger partial charge in [-0.25, -0.2) is 5.43 Å². The molecule has 98 valence electrons. The summed E-state index contributed by atoms with van der Waals surface area (Å²) in [7, 11) is 5.35. The number of hydrogen-bond donors (Lipinski definition) is 2. The molecule has 0 spiro atoms. The van der Waals surface area contributed by atoms with Crippen LogP contribution in [-0.4, -0.2) is 26.7 Å². The van der Waals surface area contributed by atoms with Crippen molar-refractivity contribution in [3.8, 4) is 5.75 Å². The van der Waals surface area contributed by atoms with Gasteiger partial charge in [-0.3, -0.25) is 15.2 Å². The molecule has 7 heteroatoms. The van der Waals surface area contributed by atoms with Gasteiger partial charge in [-0.15, -0.1) is 0 Å². The van der Waals surface area contributed by atoms with Gasteiger partial charge in [0.05, 0.1) is 25.0 Å². The van der Waals surface area contributed by atoms with Crippen molar-refractivity contribution in [3.63, 3.8) is 0 Å². The maximum atomic E-state index is 5.68. The summed E-state index contributed by atoms with van der Waals surface area (Å²) in [6, 6.07) is -0.207. The Labute approximate surface area is 106 Å². The van der Waals surface area contributed by atoms with Crippen LogP contribution >= 0.6 is 0 Å². The molecular formula is C11H18N6O. The highest BCUT2D eigenvalue weighted by Gasteiger charge is 2.24. The van der Waals surface area contributed by atoms with E-state index in [-0.39, 0.29) is 6.04 Å². The zero-order valence-electron chi connectivity index (χ0n) is 11.0. The lowest BCUT2D eigenvalue weighted by Crippen LogP contribution is -2.31. The van der Waals surface area contributed by atoms with Crippen LogP contribution in [0.25, 0.3) is 0 Å². The molecule has 0 saturated carbocycles. The van der Waals surface area contributed by atoms with Gasteiger partial charge in [0.1, 0.15) is 5.69 Å². The lowest BCUT2D eigenvalue weighted by molar-refractivity contribution is 0.401. The number of nitrogens with zero attached hydrogens (tertiary/aromatic N) is 4. The van der Waals surface area contributed by atoms with E-state index in [4.69, 9.17) is 10.6 Å². The molecule has 1 unspecified atom stereocenters. The molecular weight excluding hydrogens is 232 g/mol. The predicted molar refractivity (Wildman–Crippen MR) is 66.9 cm³/mol. The number of aryl methyl sites for hydroxylation is 3. The van der Waals surface area contributed by atoms with E-state index < -0.39 is 0 Å². The van der Waals surface area contributed by atoms with Gasteiger partial charge in [0.2, 0.25) is 0 Å². The number of aromatic nitrogens is 4. The topological polar surface area (TPSA) is 82.9 Å². The van der Waals surface area contributed by atoms with E-state index in [9.17, 15) is 0 Å². The molecule has 0 amide bonds. The Morgan fingerprint density at radius 2 is 2.17 bits per heavy atom. The number of hydrogen-bond acceptors (Lipinski definition) is 5. The Morgan fingerprint density at radius 1 is 1.44 bits per heavy atom. The van der Waals surface area contributed by atoms with E-state index in [1.54, 1.807) is 22.7 Å². The smallest absolute Gasteiger partial charge is 0.161 e. The monoisotopic (exact) mass is 250 g/mol. The van der Waals surface area contributed by atoms with Gasteiger partial charge < -0.3 is 4.74 Å². The lowest BCUT2D eigenvalue weighted by atomic mass is 10.1. The number of hydrazine groups is 1. The number of ether oxygens (including phenoxy) is 1. The Morgan fingerprint density at radius 3 is 2.67 bits per heavy atom. The first-order chi connectivity index (χ1) is 8.58. The molecule has 18 heavy (non-hydrogen) atoms. The highest BCUT2D eigenvalue weighted by molar-refractivity contribution is 5.36. The molecule has 0 fully saturated rings. The van der Waals surface area contributed by atoms with Gasteiger partial charge in [0, 0.05) is 25.9 Å². The standard InChI is InChI=1S/C11H18N6O/c1-7-8(6-16(2)15-7)10(14-12)11-9(18-4)5-13-17(11)3/h5-6,10,14H,12H2,1-4H3. The number of nitrogens with one attached hydrogen (secondary N) is 1. The maximum Gasteiger partial charge on any atom is 0.161 e. The Kier molecular flexibility index (Phi) is 3.35. The summed E-state index contributed by atoms with van der Waals surface area (Å²) in [5, 5.41) is 8.51. The third kappa shape index (κ3) is 1.98. The van der Waals surface area contributed by atoms with E-state index in [1.165, 1.54) is 0 Å². The van der Waals surface area contributed by atoms with Crippen LogP contribution in [0, 0.1) is 6.92 Å². The highest BCUT2D eigenvalue weighted by atomic mass is 16.5. The molecule has 2 aromatic heterocycles. The molecule has 0 aliphatic carbocycles. The van der Waals surface area contributed by atoms with Gasteiger partial charge in [-0.2, -0.15) is 10.2 Å². The van der Waals surface area contributed by atoms with Crippen molar-refractivity contribution in [1.82, 2.24) is 25.0 Å². The fourth-order valence-corrected chi connectivity index (χ4v) is 2.13. The number of methoxy groups -OCH3 is 1. The summed E-state index contributed by atoms with van der Waals surface area (Å²) in [5.74, 6) is 6.38. The largest absolute Gasteiger partial charge is 0.493 e. The third-order valence-electron chi connectivity index (χ3n) is 2.97. The van der Waals surface area contributed by atoms with Crippen LogP contribution in [0.3, 0.4) is 0 Å². The minimum absolute atomic E-state index is 0.207. The summed E-state index contributed by atoms with van der Waals surface area (Å²) in [4.78, 5) is 0. The molecule has 1 atom stereocenters. The molecule has 0 bridgehead atoms. The van der Waals surface area contributed by atoms with Crippen molar-refractivity contribution in [3.05, 3.63) is 29.3 Å². The van der Waals surface area contributed by atoms with Crippen LogP contribution in [0.2, 0.25) is 0 Å². The van der Waals surface area contributed by atoms with Gasteiger partial charge in [-0.1, -0.05) is 0 Å². The minimum Gasteiger partial charge on any atom is -0.493 e. The summed E-state index contributed by atoms with van der Waals surface area (Å²) in [6.45, 7) is 1.95. The first-order valence-corrected chi connectivity index (χ1v) is 5.60. The molecule has 2 aromatic rings. The van der Waals surface area contributed by atoms with Crippen LogP contribution in [0.5, 0.6) is 5.75 Å². The summed E-state index contributed by atoms with van der Waals surface area (Å²) < 4.78 is 8.82. The van der Waals surface area contributed by atoms with Crippen molar-refractivity contribution >= 4 is 0 Å². The van der Waals surface area contributed by atoms with E-state index in [1.807, 2.05) is 27.2 Å². The molecule has 0 aliphatic heterocycles. The molecule has 0 aliphatic rings. The second-order valence-electron chi connectivity index (χ2n) is 4.16. The number of nitrogens with two attached hydrogens (primary N) is 1. The Balaban J connectivity index is 2.51. The summed E-state index contributed by atoms with van der Waals surface area (Å²) >= 11 is 0. The van der Waals surface area contributed by atoms with Crippen LogP contribution in [-0.2, 0) is 14.1 Å². The van der Waals surface area contributed by atoms with E-state index in [0.717, 1.165) is 17.0 Å². The minimum atomic E-state index is -0.207. The second-order valence-corrected chi connectivity index (χ2v) is 4.16. The molecule has 0 radical (unpaired) electrons. The highest BCUT2D eigenvalue weighted by Crippen LogP contribution is 2.30. The normalized spacial score (nSPS) is 12.7. The quantitative estimate of drug-likeness (QED) is 0.590. The van der Waals surface area contributed by atoms with Crippen molar-refractivity contribution in [2.75, 3.05) is 7.11 Å². The van der Waals surface area contributed by atoms with Crippen molar-refractivity contribution in [2.45, 2.75) is 13.0 Å². The Bertz CT molecular complexity index is 544. The average molecular weight is 250 g/mol. The average Bonchev–Trinajstić information content (AvgIpc) is 2.85. The van der Waals surface area contributed by atoms with Crippen LogP contribution < -0.4 is 16.0 Å². The maximum absolute atomic E-state index is 5.68. The zero-order chi connectivity index (χ0) is 13.3. The van der Waals surface area contributed by atoms with Crippen LogP contribution in [0.4, 0.5) is 0 Å². The molecule has 2 rings (SSSR count). The van der Waals surface area contributed by atoms with Crippen molar-refractivity contribution < 1.29 is 4.74 Å². The summed E-state index contributed by atoms with van der Waals surface area (Å²) in [5.41, 5.74) is 5.59. The molecule has 2 heterocycles. The first kappa shape index (κ1) is 12.6. The Hall–Kier alpha value is -1.86. The first-order valence-electron chi connectivity index (χ1n) is 5.60. The van der Waals surface area contributed by atoms with Gasteiger partial charge >= 0.3 is 0 Å². The predicted octanol–water partition coefficient (Wildman–Crippen LogP) is 0.0233. The second kappa shape index (κ2) is 4.79. The van der Waals surface area contributed by atoms with E-state index >= 15 is 0 Å². The molecule has 3 N–H and O–H groups in total. The van der Waals surface area contributed by atoms with Gasteiger partial charge in [0.15, 0.2) is 5.75 Å². The summed E-state index contributed by atoms with van der Waals surface area (Å²) in [6.07, 6.45) is 3.61. The lowest BCUT2D eigenvalue weighted by Gasteiger charge is -2.17. The SMILES string of the molecule is COc1cnn(C)c1C(NN)c1cn(C)nc1C. The van der Waals surface area contributed by atoms with Crippen molar-refractivity contribution in [2.24, 2.45) is 19.9 Å². The van der Waals surface area contributed by atoms with E-state index in [0.29, 0.717) is 5.75 Å². The van der Waals surface area contributed by atoms with Crippen LogP contribution in [0.15, 0.2) is 12.4 Å². The zero-order valence-corrected chi connectivity index (χ0v) is 11.0. The van der Waals surface area contributed by atoms with Crippen molar-refractivity contribution in [1.29, 1.82) is 0 Å². The van der Waals surface area contributed by atoms with E-state index in [2.05, 4.69) is 15.6 Å². The molecule has 7 nitrogen and oxygen atoms in total. The fourth-order valence-electron chi connectivity index (χ4n) is 2.13. The fraction of sp³-hybridized carbons (Fsp3) is 0.455. The number of rotatable bonds is 4. The molecule has 0 aromatic carbocycles. The third-order valence-corrected chi connectivity index (χ3v) is 2.97. The molecule has 0 saturated heterocycles. The van der Waals surface area contributed by atoms with Gasteiger partial charge in [-0.05, 0) is 6.92 Å².